The Balaban J connectivity index is 2.21. The number of aryl methyl sites for hydroxylation is 1. The fourth-order valence-corrected chi connectivity index (χ4v) is 1.81. The highest BCUT2D eigenvalue weighted by Gasteiger charge is 2.07. The highest BCUT2D eigenvalue weighted by atomic mass is 16.1. The van der Waals surface area contributed by atoms with Gasteiger partial charge in [0.1, 0.15) is 11.5 Å². The van der Waals surface area contributed by atoms with Crippen molar-refractivity contribution in [1.29, 1.82) is 0 Å². The Labute approximate surface area is 104 Å². The molecule has 0 unspecified atom stereocenters. The lowest BCUT2D eigenvalue weighted by Gasteiger charge is -2.01. The zero-order chi connectivity index (χ0) is 12.5. The second-order valence-electron chi connectivity index (χ2n) is 4.43. The molecule has 3 heteroatoms. The van der Waals surface area contributed by atoms with Crippen LogP contribution in [0.1, 0.15) is 68.2 Å². The van der Waals surface area contributed by atoms with Gasteiger partial charge < -0.3 is 0 Å². The van der Waals surface area contributed by atoms with Gasteiger partial charge >= 0.3 is 0 Å². The van der Waals surface area contributed by atoms with Crippen molar-refractivity contribution >= 4 is 5.78 Å². The molecule has 94 valence electrons. The van der Waals surface area contributed by atoms with Gasteiger partial charge in [-0.05, 0) is 19.4 Å². The van der Waals surface area contributed by atoms with Gasteiger partial charge in [0.05, 0.1) is 0 Å². The average Bonchev–Trinajstić information content (AvgIpc) is 2.33. The summed E-state index contributed by atoms with van der Waals surface area (Å²) in [6, 6.07) is 1.70. The van der Waals surface area contributed by atoms with Gasteiger partial charge in [-0.3, -0.25) is 4.79 Å². The smallest absolute Gasteiger partial charge is 0.181 e. The van der Waals surface area contributed by atoms with Crippen LogP contribution in [-0.2, 0) is 0 Å². The van der Waals surface area contributed by atoms with Crippen molar-refractivity contribution in [2.75, 3.05) is 0 Å². The number of Topliss-reactive ketones (excluding diaryl/α,β-unsaturated/α-hetero) is 1. The van der Waals surface area contributed by atoms with Crippen molar-refractivity contribution < 1.29 is 4.79 Å². The maximum absolute atomic E-state index is 11.8. The van der Waals surface area contributed by atoms with E-state index in [1.54, 1.807) is 12.3 Å². The van der Waals surface area contributed by atoms with Crippen LogP contribution in [-0.4, -0.2) is 15.8 Å². The highest BCUT2D eigenvalue weighted by Crippen LogP contribution is 2.09. The number of rotatable bonds is 8. The molecule has 0 aliphatic carbocycles. The Morgan fingerprint density at radius 2 is 1.88 bits per heavy atom. The Morgan fingerprint density at radius 3 is 2.59 bits per heavy atom. The van der Waals surface area contributed by atoms with Gasteiger partial charge in [0.15, 0.2) is 5.78 Å². The van der Waals surface area contributed by atoms with Gasteiger partial charge in [-0.15, -0.1) is 0 Å². The molecule has 0 atom stereocenters. The van der Waals surface area contributed by atoms with Crippen LogP contribution in [0.2, 0.25) is 0 Å². The summed E-state index contributed by atoms with van der Waals surface area (Å²) in [4.78, 5) is 19.9. The molecule has 0 aliphatic heterocycles. The van der Waals surface area contributed by atoms with E-state index in [9.17, 15) is 4.79 Å². The summed E-state index contributed by atoms with van der Waals surface area (Å²) in [5.41, 5.74) is 0.561. The SMILES string of the molecule is CCCCCCCCC(=O)c1ccnc(C)n1. The van der Waals surface area contributed by atoms with E-state index in [4.69, 9.17) is 0 Å². The summed E-state index contributed by atoms with van der Waals surface area (Å²) in [5.74, 6) is 0.810. The van der Waals surface area contributed by atoms with Gasteiger partial charge in [0, 0.05) is 12.6 Å². The standard InChI is InChI=1S/C14H22N2O/c1-3-4-5-6-7-8-9-14(17)13-10-11-15-12(2)16-13/h10-11H,3-9H2,1-2H3. The van der Waals surface area contributed by atoms with Crippen LogP contribution in [0, 0.1) is 6.92 Å². The molecule has 0 saturated carbocycles. The van der Waals surface area contributed by atoms with Crippen molar-refractivity contribution in [2.45, 2.75) is 58.8 Å². The minimum atomic E-state index is 0.144. The molecule has 0 radical (unpaired) electrons. The molecule has 17 heavy (non-hydrogen) atoms. The first-order chi connectivity index (χ1) is 8.24. The molecule has 0 fully saturated rings. The third-order valence-electron chi connectivity index (χ3n) is 2.82. The average molecular weight is 234 g/mol. The first-order valence-electron chi connectivity index (χ1n) is 6.57. The molecule has 1 rings (SSSR count). The van der Waals surface area contributed by atoms with Crippen LogP contribution >= 0.6 is 0 Å². The molecule has 3 nitrogen and oxygen atoms in total. The Morgan fingerprint density at radius 1 is 1.18 bits per heavy atom. The summed E-state index contributed by atoms with van der Waals surface area (Å²) >= 11 is 0. The van der Waals surface area contributed by atoms with E-state index in [0.29, 0.717) is 17.9 Å². The van der Waals surface area contributed by atoms with E-state index < -0.39 is 0 Å². The van der Waals surface area contributed by atoms with Crippen molar-refractivity contribution in [2.24, 2.45) is 0 Å². The van der Waals surface area contributed by atoms with E-state index in [0.717, 1.165) is 12.8 Å². The maximum Gasteiger partial charge on any atom is 0.181 e. The van der Waals surface area contributed by atoms with Gasteiger partial charge in [-0.1, -0.05) is 39.0 Å². The molecule has 0 N–H and O–H groups in total. The lowest BCUT2D eigenvalue weighted by molar-refractivity contribution is 0.0974. The van der Waals surface area contributed by atoms with E-state index in [2.05, 4.69) is 16.9 Å². The predicted molar refractivity (Wildman–Crippen MR) is 69.1 cm³/mol. The van der Waals surface area contributed by atoms with Crippen LogP contribution in [0.5, 0.6) is 0 Å². The van der Waals surface area contributed by atoms with Crippen LogP contribution in [0.25, 0.3) is 0 Å². The molecular weight excluding hydrogens is 212 g/mol. The molecule has 1 aromatic heterocycles. The molecular formula is C14H22N2O. The molecule has 1 heterocycles. The minimum absolute atomic E-state index is 0.144. The van der Waals surface area contributed by atoms with Crippen LogP contribution in [0.4, 0.5) is 0 Å². The monoisotopic (exact) mass is 234 g/mol. The van der Waals surface area contributed by atoms with Crippen LogP contribution < -0.4 is 0 Å². The zero-order valence-electron chi connectivity index (χ0n) is 10.9. The first kappa shape index (κ1) is 13.8. The third kappa shape index (κ3) is 5.57. The topological polar surface area (TPSA) is 42.9 Å². The summed E-state index contributed by atoms with van der Waals surface area (Å²) < 4.78 is 0. The quantitative estimate of drug-likeness (QED) is 0.508. The fourth-order valence-electron chi connectivity index (χ4n) is 1.81. The van der Waals surface area contributed by atoms with Crippen molar-refractivity contribution in [3.63, 3.8) is 0 Å². The van der Waals surface area contributed by atoms with Gasteiger partial charge in [-0.2, -0.15) is 0 Å². The number of unbranched alkanes of at least 4 members (excludes halogenated alkanes) is 5. The molecule has 0 amide bonds. The number of hydrogen-bond acceptors (Lipinski definition) is 3. The van der Waals surface area contributed by atoms with E-state index in [1.165, 1.54) is 25.7 Å². The summed E-state index contributed by atoms with van der Waals surface area (Å²) in [6.07, 6.45) is 9.49. The van der Waals surface area contributed by atoms with Gasteiger partial charge in [0.25, 0.3) is 0 Å². The number of aromatic nitrogens is 2. The van der Waals surface area contributed by atoms with Crippen molar-refractivity contribution in [3.8, 4) is 0 Å². The minimum Gasteiger partial charge on any atom is -0.292 e. The lowest BCUT2D eigenvalue weighted by atomic mass is 10.1. The molecule has 0 aliphatic rings. The Kier molecular flexibility index (Phi) is 6.45. The normalized spacial score (nSPS) is 10.5. The zero-order valence-corrected chi connectivity index (χ0v) is 10.9. The number of nitrogens with zero attached hydrogens (tertiary/aromatic N) is 2. The number of hydrogen-bond donors (Lipinski definition) is 0. The number of carbonyl (C=O) groups excluding carboxylic acids is 1. The van der Waals surface area contributed by atoms with Crippen LogP contribution in [0.3, 0.4) is 0 Å². The molecule has 0 aromatic carbocycles. The molecule has 0 spiro atoms. The van der Waals surface area contributed by atoms with Gasteiger partial charge in [0.2, 0.25) is 0 Å². The van der Waals surface area contributed by atoms with E-state index in [1.807, 2.05) is 6.92 Å². The highest BCUT2D eigenvalue weighted by molar-refractivity contribution is 5.94. The summed E-state index contributed by atoms with van der Waals surface area (Å²) in [7, 11) is 0. The molecule has 0 saturated heterocycles. The maximum atomic E-state index is 11.8. The largest absolute Gasteiger partial charge is 0.292 e. The Hall–Kier alpha value is -1.25. The predicted octanol–water partition coefficient (Wildman–Crippen LogP) is 3.72. The second-order valence-corrected chi connectivity index (χ2v) is 4.43. The molecule has 0 bridgehead atoms. The second kappa shape index (κ2) is 7.93. The number of carbonyl (C=O) groups is 1. The lowest BCUT2D eigenvalue weighted by Crippen LogP contribution is -2.03. The van der Waals surface area contributed by atoms with Crippen molar-refractivity contribution in [3.05, 3.63) is 23.8 Å². The van der Waals surface area contributed by atoms with E-state index in [-0.39, 0.29) is 5.78 Å². The molecule has 1 aromatic rings. The summed E-state index contributed by atoms with van der Waals surface area (Å²) in [5, 5.41) is 0. The van der Waals surface area contributed by atoms with E-state index >= 15 is 0 Å². The van der Waals surface area contributed by atoms with Crippen molar-refractivity contribution in [1.82, 2.24) is 9.97 Å². The fraction of sp³-hybridized carbons (Fsp3) is 0.643. The van der Waals surface area contributed by atoms with Gasteiger partial charge in [-0.25, -0.2) is 9.97 Å². The number of ketones is 1. The van der Waals surface area contributed by atoms with Crippen LogP contribution in [0.15, 0.2) is 12.3 Å². The Bertz CT molecular complexity index is 350. The first-order valence-corrected chi connectivity index (χ1v) is 6.57. The third-order valence-corrected chi connectivity index (χ3v) is 2.82. The summed E-state index contributed by atoms with van der Waals surface area (Å²) in [6.45, 7) is 4.02.